The molecule has 2 rings (SSSR count). The van der Waals surface area contributed by atoms with E-state index in [1.54, 1.807) is 24.5 Å². The van der Waals surface area contributed by atoms with Gasteiger partial charge in [-0.2, -0.15) is 13.2 Å². The Morgan fingerprint density at radius 1 is 1.21 bits per heavy atom. The second-order valence-corrected chi connectivity index (χ2v) is 4.92. The quantitative estimate of drug-likeness (QED) is 0.880. The Labute approximate surface area is 136 Å². The van der Waals surface area contributed by atoms with Crippen LogP contribution < -0.4 is 15.4 Å². The molecular weight excluding hydrogens is 323 g/mol. The van der Waals surface area contributed by atoms with E-state index in [2.05, 4.69) is 15.6 Å². The third-order valence-corrected chi connectivity index (χ3v) is 3.24. The van der Waals surface area contributed by atoms with Crippen molar-refractivity contribution in [1.82, 2.24) is 15.6 Å². The molecule has 0 unspecified atom stereocenters. The van der Waals surface area contributed by atoms with Gasteiger partial charge < -0.3 is 15.4 Å². The van der Waals surface area contributed by atoms with Gasteiger partial charge in [0.25, 0.3) is 0 Å². The van der Waals surface area contributed by atoms with Gasteiger partial charge in [0.05, 0.1) is 12.7 Å². The molecule has 0 aliphatic carbocycles. The van der Waals surface area contributed by atoms with E-state index in [0.717, 1.165) is 11.6 Å². The largest absolute Gasteiger partial charge is 0.497 e. The Morgan fingerprint density at radius 3 is 2.58 bits per heavy atom. The maximum atomic E-state index is 13.1. The lowest BCUT2D eigenvalue weighted by Crippen LogP contribution is -2.35. The molecule has 8 heteroatoms. The number of carbonyl (C=O) groups excluding carboxylic acids is 1. The van der Waals surface area contributed by atoms with Crippen molar-refractivity contribution in [1.29, 1.82) is 0 Å². The topological polar surface area (TPSA) is 63.2 Å². The Morgan fingerprint density at radius 2 is 1.96 bits per heavy atom. The summed E-state index contributed by atoms with van der Waals surface area (Å²) in [4.78, 5) is 15.6. The molecule has 0 atom stereocenters. The monoisotopic (exact) mass is 339 g/mol. The van der Waals surface area contributed by atoms with Crippen LogP contribution in [0.1, 0.15) is 16.7 Å². The van der Waals surface area contributed by atoms with Crippen molar-refractivity contribution in [3.63, 3.8) is 0 Å². The molecule has 0 saturated carbocycles. The number of nitrogens with zero attached hydrogens (tertiary/aromatic N) is 1. The molecule has 2 aromatic rings. The molecule has 1 aromatic carbocycles. The fourth-order valence-corrected chi connectivity index (χ4v) is 2.02. The lowest BCUT2D eigenvalue weighted by atomic mass is 10.1. The number of pyridine rings is 1. The zero-order chi connectivity index (χ0) is 17.6. The molecule has 0 bridgehead atoms. The van der Waals surface area contributed by atoms with Crippen LogP contribution in [0.2, 0.25) is 0 Å². The highest BCUT2D eigenvalue weighted by Crippen LogP contribution is 2.34. The van der Waals surface area contributed by atoms with Crippen molar-refractivity contribution in [2.45, 2.75) is 19.3 Å². The SMILES string of the molecule is COc1ccc(CNC(=O)NCc2cccnc2)c(C(F)(F)F)c1. The average molecular weight is 339 g/mol. The molecule has 0 aliphatic heterocycles. The minimum absolute atomic E-state index is 0.0418. The number of urea groups is 1. The number of rotatable bonds is 5. The smallest absolute Gasteiger partial charge is 0.416 e. The van der Waals surface area contributed by atoms with Gasteiger partial charge in [-0.3, -0.25) is 4.98 Å². The maximum absolute atomic E-state index is 13.1. The second kappa shape index (κ2) is 7.67. The van der Waals surface area contributed by atoms with Crippen molar-refractivity contribution in [2.24, 2.45) is 0 Å². The van der Waals surface area contributed by atoms with Gasteiger partial charge in [-0.05, 0) is 29.3 Å². The molecule has 5 nitrogen and oxygen atoms in total. The van der Waals surface area contributed by atoms with E-state index in [9.17, 15) is 18.0 Å². The van der Waals surface area contributed by atoms with Gasteiger partial charge in [0.15, 0.2) is 0 Å². The maximum Gasteiger partial charge on any atom is 0.416 e. The summed E-state index contributed by atoms with van der Waals surface area (Å²) in [7, 11) is 1.29. The number of nitrogens with one attached hydrogen (secondary N) is 2. The van der Waals surface area contributed by atoms with E-state index in [-0.39, 0.29) is 24.4 Å². The van der Waals surface area contributed by atoms with Crippen LogP contribution in [0, 0.1) is 0 Å². The van der Waals surface area contributed by atoms with Crippen molar-refractivity contribution in [3.05, 3.63) is 59.4 Å². The highest BCUT2D eigenvalue weighted by molar-refractivity contribution is 5.73. The Hall–Kier alpha value is -2.77. The highest BCUT2D eigenvalue weighted by atomic mass is 19.4. The molecule has 0 spiro atoms. The number of hydrogen-bond acceptors (Lipinski definition) is 3. The molecule has 1 heterocycles. The molecule has 2 N–H and O–H groups in total. The van der Waals surface area contributed by atoms with E-state index >= 15 is 0 Å². The van der Waals surface area contributed by atoms with Crippen molar-refractivity contribution in [3.8, 4) is 5.75 Å². The highest BCUT2D eigenvalue weighted by Gasteiger charge is 2.33. The third-order valence-electron chi connectivity index (χ3n) is 3.24. The van der Waals surface area contributed by atoms with Crippen LogP contribution in [0.4, 0.5) is 18.0 Å². The fraction of sp³-hybridized carbons (Fsp3) is 0.250. The Kier molecular flexibility index (Phi) is 5.62. The predicted octanol–water partition coefficient (Wildman–Crippen LogP) is 3.11. The normalized spacial score (nSPS) is 11.0. The Balaban J connectivity index is 1.97. The minimum atomic E-state index is -4.53. The van der Waals surface area contributed by atoms with Gasteiger partial charge in [-0.15, -0.1) is 0 Å². The van der Waals surface area contributed by atoms with Crippen LogP contribution in [0.25, 0.3) is 0 Å². The van der Waals surface area contributed by atoms with E-state index in [1.807, 2.05) is 0 Å². The van der Waals surface area contributed by atoms with Crippen molar-refractivity contribution < 1.29 is 22.7 Å². The summed E-state index contributed by atoms with van der Waals surface area (Å²) in [6, 6.07) is 6.54. The molecule has 0 fully saturated rings. The first-order chi connectivity index (χ1) is 11.4. The summed E-state index contributed by atoms with van der Waals surface area (Å²) >= 11 is 0. The standard InChI is InChI=1S/C16H16F3N3O2/c1-24-13-5-4-12(14(7-13)16(17,18)19)10-22-15(23)21-9-11-3-2-6-20-8-11/h2-8H,9-10H2,1H3,(H2,21,22,23). The van der Waals surface area contributed by atoms with E-state index in [0.29, 0.717) is 0 Å². The number of carbonyl (C=O) groups is 1. The number of alkyl halides is 3. The van der Waals surface area contributed by atoms with Crippen LogP contribution in [0.5, 0.6) is 5.75 Å². The molecule has 0 radical (unpaired) electrons. The second-order valence-electron chi connectivity index (χ2n) is 4.92. The average Bonchev–Trinajstić information content (AvgIpc) is 2.58. The van der Waals surface area contributed by atoms with Crippen LogP contribution in [-0.2, 0) is 19.3 Å². The van der Waals surface area contributed by atoms with Crippen LogP contribution in [0.3, 0.4) is 0 Å². The van der Waals surface area contributed by atoms with Gasteiger partial charge in [0.1, 0.15) is 5.75 Å². The minimum Gasteiger partial charge on any atom is -0.497 e. The van der Waals surface area contributed by atoms with Crippen LogP contribution >= 0.6 is 0 Å². The number of aromatic nitrogens is 1. The third kappa shape index (κ3) is 4.87. The van der Waals surface area contributed by atoms with E-state index < -0.39 is 17.8 Å². The summed E-state index contributed by atoms with van der Waals surface area (Å²) in [5.41, 5.74) is -0.0951. The van der Waals surface area contributed by atoms with Gasteiger partial charge in [-0.25, -0.2) is 4.79 Å². The van der Waals surface area contributed by atoms with E-state index in [1.165, 1.54) is 19.2 Å². The van der Waals surface area contributed by atoms with Crippen LogP contribution in [-0.4, -0.2) is 18.1 Å². The molecule has 24 heavy (non-hydrogen) atoms. The van der Waals surface area contributed by atoms with E-state index in [4.69, 9.17) is 4.74 Å². The van der Waals surface area contributed by atoms with Gasteiger partial charge in [-0.1, -0.05) is 12.1 Å². The first-order valence-corrected chi connectivity index (χ1v) is 7.05. The summed E-state index contributed by atoms with van der Waals surface area (Å²) in [5, 5.41) is 4.96. The number of ether oxygens (including phenoxy) is 1. The van der Waals surface area contributed by atoms with Gasteiger partial charge >= 0.3 is 12.2 Å². The first-order valence-electron chi connectivity index (χ1n) is 7.05. The molecule has 1 aromatic heterocycles. The molecule has 0 aliphatic rings. The number of hydrogen-bond donors (Lipinski definition) is 2. The predicted molar refractivity (Wildman–Crippen MR) is 81.3 cm³/mol. The zero-order valence-electron chi connectivity index (χ0n) is 12.9. The number of amides is 2. The zero-order valence-corrected chi connectivity index (χ0v) is 12.9. The van der Waals surface area contributed by atoms with Crippen LogP contribution in [0.15, 0.2) is 42.7 Å². The number of halogens is 3. The summed E-state index contributed by atoms with van der Waals surface area (Å²) in [5.74, 6) is 0.104. The lowest BCUT2D eigenvalue weighted by molar-refractivity contribution is -0.138. The molecule has 128 valence electrons. The summed E-state index contributed by atoms with van der Waals surface area (Å²) < 4.78 is 44.0. The van der Waals surface area contributed by atoms with Gasteiger partial charge in [0, 0.05) is 25.5 Å². The van der Waals surface area contributed by atoms with Crippen molar-refractivity contribution >= 4 is 6.03 Å². The summed E-state index contributed by atoms with van der Waals surface area (Å²) in [6.45, 7) is -0.0217. The van der Waals surface area contributed by atoms with Gasteiger partial charge in [0.2, 0.25) is 0 Å². The Bertz CT molecular complexity index is 691. The summed E-state index contributed by atoms with van der Waals surface area (Å²) in [6.07, 6.45) is -1.34. The fourth-order valence-electron chi connectivity index (χ4n) is 2.02. The molecule has 2 amide bonds. The first kappa shape index (κ1) is 17.6. The number of benzene rings is 1. The molecule has 0 saturated heterocycles. The van der Waals surface area contributed by atoms with Crippen molar-refractivity contribution in [2.75, 3.05) is 7.11 Å². The molecular formula is C16H16F3N3O2. The number of methoxy groups -OCH3 is 1. The lowest BCUT2D eigenvalue weighted by Gasteiger charge is -2.15.